The van der Waals surface area contributed by atoms with Crippen LogP contribution in [0.5, 0.6) is 0 Å². The molecule has 0 aromatic carbocycles. The Morgan fingerprint density at radius 1 is 1.67 bits per heavy atom. The number of carbonyl (C=O) groups excluding carboxylic acids is 1. The molecule has 1 atom stereocenters. The lowest BCUT2D eigenvalue weighted by Crippen LogP contribution is -2.24. The van der Waals surface area contributed by atoms with Gasteiger partial charge in [0.05, 0.1) is 0 Å². The van der Waals surface area contributed by atoms with Crippen molar-refractivity contribution in [2.24, 2.45) is 5.92 Å². The van der Waals surface area contributed by atoms with Gasteiger partial charge in [0.1, 0.15) is 11.9 Å². The van der Waals surface area contributed by atoms with Gasteiger partial charge in [-0.25, -0.2) is 4.98 Å². The SMILES string of the molecule is Nc1ncccc1CC(=O)C(O)C1CC1. The molecule has 1 aromatic rings. The van der Waals surface area contributed by atoms with Gasteiger partial charge in [-0.15, -0.1) is 0 Å². The summed E-state index contributed by atoms with van der Waals surface area (Å²) in [4.78, 5) is 15.5. The summed E-state index contributed by atoms with van der Waals surface area (Å²) in [6.07, 6.45) is 2.85. The van der Waals surface area contributed by atoms with Crippen molar-refractivity contribution < 1.29 is 9.90 Å². The molecule has 1 unspecified atom stereocenters. The Bertz CT molecular complexity index is 375. The van der Waals surface area contributed by atoms with Crippen molar-refractivity contribution in [1.82, 2.24) is 4.98 Å². The number of rotatable bonds is 4. The number of Topliss-reactive ketones (excluding diaryl/α,β-unsaturated/α-hetero) is 1. The first-order chi connectivity index (χ1) is 7.18. The molecule has 0 amide bonds. The summed E-state index contributed by atoms with van der Waals surface area (Å²) in [5, 5.41) is 9.60. The molecule has 1 fully saturated rings. The van der Waals surface area contributed by atoms with Crippen LogP contribution in [0.15, 0.2) is 18.3 Å². The molecule has 0 aliphatic heterocycles. The van der Waals surface area contributed by atoms with Crippen molar-refractivity contribution in [2.45, 2.75) is 25.4 Å². The van der Waals surface area contributed by atoms with E-state index in [4.69, 9.17) is 5.73 Å². The van der Waals surface area contributed by atoms with Crippen molar-refractivity contribution in [3.63, 3.8) is 0 Å². The molecule has 1 aliphatic rings. The molecule has 4 nitrogen and oxygen atoms in total. The van der Waals surface area contributed by atoms with E-state index in [0.29, 0.717) is 11.4 Å². The van der Waals surface area contributed by atoms with Gasteiger partial charge in [-0.05, 0) is 24.8 Å². The molecule has 15 heavy (non-hydrogen) atoms. The molecule has 4 heteroatoms. The van der Waals surface area contributed by atoms with Gasteiger partial charge in [0.2, 0.25) is 0 Å². The molecule has 1 aliphatic carbocycles. The molecule has 80 valence electrons. The quantitative estimate of drug-likeness (QED) is 0.754. The van der Waals surface area contributed by atoms with Crippen molar-refractivity contribution >= 4 is 11.6 Å². The number of nitrogens with zero attached hydrogens (tertiary/aromatic N) is 1. The lowest BCUT2D eigenvalue weighted by molar-refractivity contribution is -0.127. The highest BCUT2D eigenvalue weighted by Crippen LogP contribution is 2.33. The van der Waals surface area contributed by atoms with E-state index in [2.05, 4.69) is 4.98 Å². The summed E-state index contributed by atoms with van der Waals surface area (Å²) < 4.78 is 0. The number of pyridine rings is 1. The van der Waals surface area contributed by atoms with Crippen LogP contribution >= 0.6 is 0 Å². The van der Waals surface area contributed by atoms with Crippen molar-refractivity contribution in [2.75, 3.05) is 5.73 Å². The molecule has 1 heterocycles. The van der Waals surface area contributed by atoms with Crippen LogP contribution < -0.4 is 5.73 Å². The van der Waals surface area contributed by atoms with Crippen molar-refractivity contribution in [1.29, 1.82) is 0 Å². The zero-order chi connectivity index (χ0) is 10.8. The molecule has 2 rings (SSSR count). The topological polar surface area (TPSA) is 76.2 Å². The summed E-state index contributed by atoms with van der Waals surface area (Å²) in [6, 6.07) is 3.50. The van der Waals surface area contributed by atoms with Crippen LogP contribution in [-0.2, 0) is 11.2 Å². The maximum absolute atomic E-state index is 11.6. The first-order valence-corrected chi connectivity index (χ1v) is 5.08. The van der Waals surface area contributed by atoms with E-state index >= 15 is 0 Å². The number of hydrogen-bond acceptors (Lipinski definition) is 4. The number of hydrogen-bond donors (Lipinski definition) is 2. The van der Waals surface area contributed by atoms with E-state index in [1.165, 1.54) is 0 Å². The summed E-state index contributed by atoms with van der Waals surface area (Å²) in [5.74, 6) is 0.390. The molecule has 0 radical (unpaired) electrons. The van der Waals surface area contributed by atoms with Gasteiger partial charge in [-0.1, -0.05) is 6.07 Å². The lowest BCUT2D eigenvalue weighted by atomic mass is 10.0. The van der Waals surface area contributed by atoms with E-state index in [-0.39, 0.29) is 18.1 Å². The van der Waals surface area contributed by atoms with E-state index in [1.807, 2.05) is 0 Å². The fraction of sp³-hybridized carbons (Fsp3) is 0.455. The van der Waals surface area contributed by atoms with Crippen LogP contribution in [0.1, 0.15) is 18.4 Å². The number of aromatic nitrogens is 1. The van der Waals surface area contributed by atoms with Crippen LogP contribution in [0.3, 0.4) is 0 Å². The van der Waals surface area contributed by atoms with Crippen molar-refractivity contribution in [3.05, 3.63) is 23.9 Å². The predicted molar refractivity (Wildman–Crippen MR) is 56.1 cm³/mol. The number of anilines is 1. The second-order valence-electron chi connectivity index (χ2n) is 3.97. The molecule has 0 saturated heterocycles. The highest BCUT2D eigenvalue weighted by Gasteiger charge is 2.34. The van der Waals surface area contributed by atoms with Crippen LogP contribution in [-0.4, -0.2) is 22.0 Å². The number of aliphatic hydroxyl groups excluding tert-OH is 1. The van der Waals surface area contributed by atoms with E-state index in [1.54, 1.807) is 18.3 Å². The first-order valence-electron chi connectivity index (χ1n) is 5.08. The third-order valence-electron chi connectivity index (χ3n) is 2.69. The van der Waals surface area contributed by atoms with Crippen LogP contribution in [0, 0.1) is 5.92 Å². The van der Waals surface area contributed by atoms with Gasteiger partial charge in [0.25, 0.3) is 0 Å². The van der Waals surface area contributed by atoms with Gasteiger partial charge in [0, 0.05) is 18.2 Å². The van der Waals surface area contributed by atoms with Gasteiger partial charge in [0.15, 0.2) is 5.78 Å². The van der Waals surface area contributed by atoms with Crippen LogP contribution in [0.25, 0.3) is 0 Å². The second-order valence-corrected chi connectivity index (χ2v) is 3.97. The highest BCUT2D eigenvalue weighted by molar-refractivity contribution is 5.86. The Kier molecular flexibility index (Phi) is 2.68. The van der Waals surface area contributed by atoms with Gasteiger partial charge < -0.3 is 10.8 Å². The largest absolute Gasteiger partial charge is 0.385 e. The number of carbonyl (C=O) groups is 1. The number of nitrogens with two attached hydrogens (primary N) is 1. The zero-order valence-electron chi connectivity index (χ0n) is 8.39. The van der Waals surface area contributed by atoms with Crippen molar-refractivity contribution in [3.8, 4) is 0 Å². The highest BCUT2D eigenvalue weighted by atomic mass is 16.3. The summed E-state index contributed by atoms with van der Waals surface area (Å²) in [7, 11) is 0. The Morgan fingerprint density at radius 3 is 3.00 bits per heavy atom. The minimum absolute atomic E-state index is 0.155. The molecule has 1 saturated carbocycles. The van der Waals surface area contributed by atoms with Gasteiger partial charge in [-0.3, -0.25) is 4.79 Å². The summed E-state index contributed by atoms with van der Waals surface area (Å²) in [6.45, 7) is 0. The number of nitrogen functional groups attached to an aromatic ring is 1. The fourth-order valence-corrected chi connectivity index (χ4v) is 1.57. The minimum atomic E-state index is -0.815. The van der Waals surface area contributed by atoms with E-state index < -0.39 is 6.10 Å². The normalized spacial score (nSPS) is 17.4. The minimum Gasteiger partial charge on any atom is -0.385 e. The average molecular weight is 206 g/mol. The Morgan fingerprint density at radius 2 is 2.40 bits per heavy atom. The standard InChI is InChI=1S/C11H14N2O2/c12-11-8(2-1-5-13-11)6-9(14)10(15)7-3-4-7/h1-2,5,7,10,15H,3-4,6H2,(H2,12,13). The third kappa shape index (κ3) is 2.33. The molecule has 0 bridgehead atoms. The number of ketones is 1. The van der Waals surface area contributed by atoms with Gasteiger partial charge >= 0.3 is 0 Å². The van der Waals surface area contributed by atoms with Crippen LogP contribution in [0.2, 0.25) is 0 Å². The zero-order valence-corrected chi connectivity index (χ0v) is 8.39. The second kappa shape index (κ2) is 3.98. The van der Waals surface area contributed by atoms with Crippen LogP contribution in [0.4, 0.5) is 5.82 Å². The Hall–Kier alpha value is -1.42. The molecule has 0 spiro atoms. The predicted octanol–water partition coefficient (Wildman–Crippen LogP) is 0.546. The van der Waals surface area contributed by atoms with Gasteiger partial charge in [-0.2, -0.15) is 0 Å². The third-order valence-corrected chi connectivity index (χ3v) is 2.69. The summed E-state index contributed by atoms with van der Waals surface area (Å²) >= 11 is 0. The summed E-state index contributed by atoms with van der Waals surface area (Å²) in [5.41, 5.74) is 6.31. The molecular formula is C11H14N2O2. The average Bonchev–Trinajstić information content (AvgIpc) is 3.04. The first kappa shape index (κ1) is 10.1. The fourth-order valence-electron chi connectivity index (χ4n) is 1.57. The molecule has 1 aromatic heterocycles. The maximum Gasteiger partial charge on any atom is 0.166 e. The van der Waals surface area contributed by atoms with E-state index in [9.17, 15) is 9.90 Å². The number of aliphatic hydroxyl groups is 1. The smallest absolute Gasteiger partial charge is 0.166 e. The molecule has 3 N–H and O–H groups in total. The monoisotopic (exact) mass is 206 g/mol. The lowest BCUT2D eigenvalue weighted by Gasteiger charge is -2.08. The Labute approximate surface area is 88.1 Å². The van der Waals surface area contributed by atoms with E-state index in [0.717, 1.165) is 12.8 Å². The maximum atomic E-state index is 11.6. The molecular weight excluding hydrogens is 192 g/mol. The Balaban J connectivity index is 2.02.